The Bertz CT molecular complexity index is 1200. The number of benzene rings is 2. The predicted molar refractivity (Wildman–Crippen MR) is 111 cm³/mol. The van der Waals surface area contributed by atoms with Crippen molar-refractivity contribution in [1.82, 2.24) is 4.98 Å². The Hall–Kier alpha value is -3.54. The predicted octanol–water partition coefficient (Wildman–Crippen LogP) is 3.83. The fourth-order valence-corrected chi connectivity index (χ4v) is 3.70. The van der Waals surface area contributed by atoms with E-state index in [4.69, 9.17) is 14.2 Å². The minimum absolute atomic E-state index is 0.0483. The average Bonchev–Trinajstić information content (AvgIpc) is 3.14. The number of H-pyrrole nitrogens is 1. The zero-order chi connectivity index (χ0) is 20.5. The van der Waals surface area contributed by atoms with Crippen molar-refractivity contribution >= 4 is 27.6 Å². The minimum atomic E-state index is -0.0483. The number of pyridine rings is 1. The van der Waals surface area contributed by atoms with Gasteiger partial charge in [0.15, 0.2) is 17.7 Å². The van der Waals surface area contributed by atoms with E-state index in [1.807, 2.05) is 35.9 Å². The van der Waals surface area contributed by atoms with Crippen LogP contribution in [0, 0.1) is 6.92 Å². The lowest BCUT2D eigenvalue weighted by Crippen LogP contribution is -2.40. The van der Waals surface area contributed by atoms with Gasteiger partial charge in [-0.2, -0.15) is 4.57 Å². The molecule has 0 spiro atoms. The van der Waals surface area contributed by atoms with Gasteiger partial charge in [0.05, 0.1) is 21.3 Å². The molecule has 29 heavy (non-hydrogen) atoms. The van der Waals surface area contributed by atoms with E-state index >= 15 is 0 Å². The highest BCUT2D eigenvalue weighted by atomic mass is 16.5. The van der Waals surface area contributed by atoms with Crippen LogP contribution in [0.1, 0.15) is 16.1 Å². The van der Waals surface area contributed by atoms with Gasteiger partial charge < -0.3 is 19.2 Å². The maximum Gasteiger partial charge on any atom is 0.227 e. The van der Waals surface area contributed by atoms with Crippen molar-refractivity contribution in [3.63, 3.8) is 0 Å². The van der Waals surface area contributed by atoms with Gasteiger partial charge in [0.2, 0.25) is 23.8 Å². The second-order valence-electron chi connectivity index (χ2n) is 6.83. The summed E-state index contributed by atoms with van der Waals surface area (Å²) >= 11 is 0. The first-order valence-corrected chi connectivity index (χ1v) is 9.30. The lowest BCUT2D eigenvalue weighted by atomic mass is 10.1. The third kappa shape index (κ3) is 3.16. The number of Topliss-reactive ketones (excluding diaryl/α,β-unsaturated/α-hetero) is 1. The van der Waals surface area contributed by atoms with Gasteiger partial charge in [-0.1, -0.05) is 18.2 Å². The number of methoxy groups -OCH3 is 3. The van der Waals surface area contributed by atoms with Crippen LogP contribution in [0.2, 0.25) is 0 Å². The van der Waals surface area contributed by atoms with Gasteiger partial charge in [0, 0.05) is 34.8 Å². The Balaban J connectivity index is 1.72. The number of fused-ring (bicyclic) bond motifs is 3. The number of aromatic nitrogens is 2. The maximum absolute atomic E-state index is 13.0. The van der Waals surface area contributed by atoms with Crippen molar-refractivity contribution < 1.29 is 23.6 Å². The Morgan fingerprint density at radius 2 is 1.66 bits per heavy atom. The number of aryl methyl sites for hydroxylation is 1. The van der Waals surface area contributed by atoms with Gasteiger partial charge >= 0.3 is 0 Å². The van der Waals surface area contributed by atoms with E-state index in [0.29, 0.717) is 22.8 Å². The summed E-state index contributed by atoms with van der Waals surface area (Å²) in [5, 5.41) is 2.32. The van der Waals surface area contributed by atoms with Crippen molar-refractivity contribution in [2.75, 3.05) is 21.3 Å². The SMILES string of the molecule is COc1cc(C(=O)C[n+]2ccc3c([nH]c4ccccc43)c2C)cc(OC)c1OC. The molecule has 148 valence electrons. The van der Waals surface area contributed by atoms with Crippen molar-refractivity contribution in [3.05, 3.63) is 59.9 Å². The molecule has 0 saturated heterocycles. The molecule has 0 radical (unpaired) electrons. The molecule has 0 aliphatic rings. The summed E-state index contributed by atoms with van der Waals surface area (Å²) in [5.74, 6) is 1.34. The topological polar surface area (TPSA) is 64.4 Å². The second kappa shape index (κ2) is 7.47. The molecule has 4 aromatic rings. The summed E-state index contributed by atoms with van der Waals surface area (Å²) in [4.78, 5) is 16.5. The zero-order valence-corrected chi connectivity index (χ0v) is 16.9. The standard InChI is InChI=1S/C23H22N2O4/c1-14-22-17(16-7-5-6-8-18(16)24-22)9-10-25(14)13-19(26)15-11-20(27-2)23(29-4)21(12-15)28-3/h5-12H,13H2,1-4H3/p+1. The van der Waals surface area contributed by atoms with Gasteiger partial charge in [-0.25, -0.2) is 0 Å². The first-order valence-electron chi connectivity index (χ1n) is 9.30. The van der Waals surface area contributed by atoms with Crippen LogP contribution in [0.25, 0.3) is 21.8 Å². The highest BCUT2D eigenvalue weighted by Gasteiger charge is 2.22. The zero-order valence-electron chi connectivity index (χ0n) is 16.9. The Morgan fingerprint density at radius 1 is 0.966 bits per heavy atom. The highest BCUT2D eigenvalue weighted by Crippen LogP contribution is 2.38. The number of hydrogen-bond donors (Lipinski definition) is 1. The molecule has 6 nitrogen and oxygen atoms in total. The number of nitrogens with zero attached hydrogens (tertiary/aromatic N) is 1. The number of carbonyl (C=O) groups excluding carboxylic acids is 1. The number of ketones is 1. The van der Waals surface area contributed by atoms with Gasteiger partial charge in [-0.05, 0) is 18.2 Å². The number of carbonyl (C=O) groups is 1. The van der Waals surface area contributed by atoms with Crippen LogP contribution >= 0.6 is 0 Å². The Morgan fingerprint density at radius 3 is 2.31 bits per heavy atom. The normalized spacial score (nSPS) is 11.0. The molecule has 2 aromatic carbocycles. The molecule has 2 heterocycles. The van der Waals surface area contributed by atoms with E-state index in [1.54, 1.807) is 12.1 Å². The van der Waals surface area contributed by atoms with Gasteiger partial charge in [-0.3, -0.25) is 4.79 Å². The summed E-state index contributed by atoms with van der Waals surface area (Å²) < 4.78 is 18.0. The molecule has 0 bridgehead atoms. The minimum Gasteiger partial charge on any atom is -0.493 e. The number of rotatable bonds is 6. The van der Waals surface area contributed by atoms with E-state index in [9.17, 15) is 4.79 Å². The molecule has 6 heteroatoms. The van der Waals surface area contributed by atoms with Crippen LogP contribution in [-0.4, -0.2) is 32.1 Å². The fourth-order valence-electron chi connectivity index (χ4n) is 3.70. The molecular formula is C23H23N2O4+. The first-order chi connectivity index (χ1) is 14.1. The van der Waals surface area contributed by atoms with Crippen molar-refractivity contribution in [3.8, 4) is 17.2 Å². The van der Waals surface area contributed by atoms with Crippen LogP contribution in [0.15, 0.2) is 48.7 Å². The molecule has 0 fully saturated rings. The van der Waals surface area contributed by atoms with Crippen LogP contribution < -0.4 is 18.8 Å². The fraction of sp³-hybridized carbons (Fsp3) is 0.217. The average molecular weight is 391 g/mol. The van der Waals surface area contributed by atoms with E-state index in [-0.39, 0.29) is 12.3 Å². The molecule has 2 aromatic heterocycles. The molecule has 0 amide bonds. The lowest BCUT2D eigenvalue weighted by molar-refractivity contribution is -0.687. The molecule has 4 rings (SSSR count). The van der Waals surface area contributed by atoms with Gasteiger partial charge in [-0.15, -0.1) is 0 Å². The number of hydrogen-bond acceptors (Lipinski definition) is 4. The Kier molecular flexibility index (Phi) is 4.84. The number of nitrogens with one attached hydrogen (secondary N) is 1. The van der Waals surface area contributed by atoms with Gasteiger partial charge in [0.1, 0.15) is 5.52 Å². The molecule has 0 aliphatic heterocycles. The van der Waals surface area contributed by atoms with Crippen molar-refractivity contribution in [2.45, 2.75) is 13.5 Å². The van der Waals surface area contributed by atoms with Crippen LogP contribution in [0.3, 0.4) is 0 Å². The van der Waals surface area contributed by atoms with E-state index in [2.05, 4.69) is 17.1 Å². The summed E-state index contributed by atoms with van der Waals surface area (Å²) in [6.45, 7) is 2.22. The smallest absolute Gasteiger partial charge is 0.227 e. The molecular weight excluding hydrogens is 368 g/mol. The van der Waals surface area contributed by atoms with E-state index in [0.717, 1.165) is 22.1 Å². The third-order valence-electron chi connectivity index (χ3n) is 5.26. The largest absolute Gasteiger partial charge is 0.493 e. The first kappa shape index (κ1) is 18.8. The number of ether oxygens (including phenoxy) is 3. The van der Waals surface area contributed by atoms with Crippen LogP contribution in [-0.2, 0) is 6.54 Å². The molecule has 0 unspecified atom stereocenters. The quantitative estimate of drug-likeness (QED) is 0.401. The van der Waals surface area contributed by atoms with Crippen LogP contribution in [0.4, 0.5) is 0 Å². The number of aromatic amines is 1. The third-order valence-corrected chi connectivity index (χ3v) is 5.26. The summed E-state index contributed by atoms with van der Waals surface area (Å²) in [6.07, 6.45) is 1.95. The molecule has 0 atom stereocenters. The monoisotopic (exact) mass is 391 g/mol. The van der Waals surface area contributed by atoms with Crippen LogP contribution in [0.5, 0.6) is 17.2 Å². The Labute approximate surface area is 168 Å². The maximum atomic E-state index is 13.0. The molecule has 0 saturated carbocycles. The van der Waals surface area contributed by atoms with Gasteiger partial charge in [0.25, 0.3) is 0 Å². The van der Waals surface area contributed by atoms with Crippen molar-refractivity contribution in [1.29, 1.82) is 0 Å². The molecule has 0 aliphatic carbocycles. The molecule has 1 N–H and O–H groups in total. The number of para-hydroxylation sites is 1. The second-order valence-corrected chi connectivity index (χ2v) is 6.83. The van der Waals surface area contributed by atoms with Crippen molar-refractivity contribution in [2.24, 2.45) is 0 Å². The van der Waals surface area contributed by atoms with E-state index in [1.165, 1.54) is 26.7 Å². The highest BCUT2D eigenvalue weighted by molar-refractivity contribution is 6.07. The summed E-state index contributed by atoms with van der Waals surface area (Å²) in [6, 6.07) is 13.6. The summed E-state index contributed by atoms with van der Waals surface area (Å²) in [5.41, 5.74) is 3.62. The lowest BCUT2D eigenvalue weighted by Gasteiger charge is -2.13. The van der Waals surface area contributed by atoms with E-state index < -0.39 is 0 Å². The summed E-state index contributed by atoms with van der Waals surface area (Å²) in [7, 11) is 4.61.